The summed E-state index contributed by atoms with van der Waals surface area (Å²) >= 11 is 7.82. The molecule has 25 heavy (non-hydrogen) atoms. The van der Waals surface area contributed by atoms with Gasteiger partial charge in [-0.1, -0.05) is 49.7 Å². The van der Waals surface area contributed by atoms with E-state index in [2.05, 4.69) is 43.6 Å². The van der Waals surface area contributed by atoms with Crippen molar-refractivity contribution in [3.8, 4) is 0 Å². The Morgan fingerprint density at radius 3 is 2.64 bits per heavy atom. The molecule has 1 aliphatic rings. The Hall–Kier alpha value is -1.19. The highest BCUT2D eigenvalue weighted by molar-refractivity contribution is 7.97. The van der Waals surface area contributed by atoms with Crippen molar-refractivity contribution in [2.45, 2.75) is 43.8 Å². The lowest BCUT2D eigenvalue weighted by Gasteiger charge is -2.39. The summed E-state index contributed by atoms with van der Waals surface area (Å²) < 4.78 is 14.8. The van der Waals surface area contributed by atoms with Gasteiger partial charge in [0.25, 0.3) is 0 Å². The molecule has 1 atom stereocenters. The molecule has 0 saturated heterocycles. The van der Waals surface area contributed by atoms with E-state index in [1.165, 1.54) is 22.9 Å². The lowest BCUT2D eigenvalue weighted by molar-refractivity contribution is 0.320. The summed E-state index contributed by atoms with van der Waals surface area (Å²) in [4.78, 5) is 0. The van der Waals surface area contributed by atoms with Crippen LogP contribution in [0.1, 0.15) is 49.3 Å². The monoisotopic (exact) mass is 377 g/mol. The van der Waals surface area contributed by atoms with Crippen LogP contribution in [-0.4, -0.2) is 12.8 Å². The van der Waals surface area contributed by atoms with E-state index in [0.29, 0.717) is 5.02 Å². The zero-order valence-corrected chi connectivity index (χ0v) is 16.6. The van der Waals surface area contributed by atoms with Crippen LogP contribution in [-0.2, 0) is 11.2 Å². The number of fused-ring (bicyclic) bond motifs is 1. The molecule has 1 aliphatic heterocycles. The van der Waals surface area contributed by atoms with Crippen molar-refractivity contribution in [3.05, 3.63) is 63.9 Å². The Morgan fingerprint density at radius 1 is 1.24 bits per heavy atom. The third-order valence-corrected chi connectivity index (χ3v) is 6.57. The Balaban J connectivity index is 2.11. The Bertz CT molecular complexity index is 758. The molecular weight excluding hydrogens is 353 g/mol. The standard InChI is InChI=1S/C21H25ClFNS/c1-4-21(5-2,17-10-9-15(22)11-19(17)23)18-12-24-20-14(13-25-3)7-6-8-16(18)20/h6-11,18,24H,4-5,12-13H2,1-3H3. The lowest BCUT2D eigenvalue weighted by Crippen LogP contribution is -2.34. The third kappa shape index (κ3) is 3.17. The number of halogens is 2. The van der Waals surface area contributed by atoms with Gasteiger partial charge in [-0.05, 0) is 47.9 Å². The molecule has 1 nitrogen and oxygen atoms in total. The normalized spacial score (nSPS) is 16.6. The molecule has 1 N–H and O–H groups in total. The summed E-state index contributed by atoms with van der Waals surface area (Å²) in [5.74, 6) is 1.06. The molecule has 2 aromatic carbocycles. The highest BCUT2D eigenvalue weighted by Gasteiger charge is 2.43. The van der Waals surface area contributed by atoms with Crippen LogP contribution in [0.25, 0.3) is 0 Å². The second-order valence-electron chi connectivity index (χ2n) is 6.74. The number of anilines is 1. The average molecular weight is 378 g/mol. The zero-order chi connectivity index (χ0) is 18.0. The number of para-hydroxylation sites is 1. The molecule has 0 aromatic heterocycles. The van der Waals surface area contributed by atoms with Crippen molar-refractivity contribution in [1.82, 2.24) is 0 Å². The Kier molecular flexibility index (Phi) is 5.65. The Morgan fingerprint density at radius 2 is 2.00 bits per heavy atom. The van der Waals surface area contributed by atoms with Crippen molar-refractivity contribution in [3.63, 3.8) is 0 Å². The van der Waals surface area contributed by atoms with Gasteiger partial charge < -0.3 is 5.32 Å². The van der Waals surface area contributed by atoms with Gasteiger partial charge in [-0.3, -0.25) is 0 Å². The molecule has 0 fully saturated rings. The summed E-state index contributed by atoms with van der Waals surface area (Å²) in [6, 6.07) is 11.7. The number of hydrogen-bond acceptors (Lipinski definition) is 2. The lowest BCUT2D eigenvalue weighted by atomic mass is 9.64. The first kappa shape index (κ1) is 18.6. The van der Waals surface area contributed by atoms with E-state index < -0.39 is 0 Å². The van der Waals surface area contributed by atoms with Crippen LogP contribution in [0.5, 0.6) is 0 Å². The molecular formula is C21H25ClFNS. The molecule has 0 bridgehead atoms. The molecule has 2 aromatic rings. The SMILES string of the molecule is CCC(CC)(c1ccc(Cl)cc1F)C1CNc2c(CSC)cccc21. The van der Waals surface area contributed by atoms with Crippen LogP contribution in [0.15, 0.2) is 36.4 Å². The van der Waals surface area contributed by atoms with Crippen molar-refractivity contribution in [2.75, 3.05) is 18.1 Å². The van der Waals surface area contributed by atoms with E-state index in [0.717, 1.165) is 30.7 Å². The van der Waals surface area contributed by atoms with E-state index in [9.17, 15) is 4.39 Å². The van der Waals surface area contributed by atoms with Crippen LogP contribution in [0, 0.1) is 5.82 Å². The van der Waals surface area contributed by atoms with Gasteiger partial charge in [-0.2, -0.15) is 11.8 Å². The fourth-order valence-corrected chi connectivity index (χ4v) is 5.12. The van der Waals surface area contributed by atoms with Gasteiger partial charge in [0, 0.05) is 34.3 Å². The maximum atomic E-state index is 14.8. The van der Waals surface area contributed by atoms with Gasteiger partial charge in [-0.15, -0.1) is 0 Å². The van der Waals surface area contributed by atoms with E-state index in [1.54, 1.807) is 0 Å². The minimum atomic E-state index is -0.231. The average Bonchev–Trinajstić information content (AvgIpc) is 3.04. The maximum Gasteiger partial charge on any atom is 0.128 e. The Labute approximate surface area is 159 Å². The highest BCUT2D eigenvalue weighted by atomic mass is 35.5. The number of benzene rings is 2. The van der Waals surface area contributed by atoms with E-state index in [-0.39, 0.29) is 17.2 Å². The van der Waals surface area contributed by atoms with Crippen molar-refractivity contribution in [2.24, 2.45) is 0 Å². The quantitative estimate of drug-likeness (QED) is 0.607. The van der Waals surface area contributed by atoms with Gasteiger partial charge in [0.15, 0.2) is 0 Å². The first-order valence-electron chi connectivity index (χ1n) is 8.87. The topological polar surface area (TPSA) is 12.0 Å². The molecule has 3 rings (SSSR count). The zero-order valence-electron chi connectivity index (χ0n) is 15.0. The minimum Gasteiger partial charge on any atom is -0.384 e. The first-order valence-corrected chi connectivity index (χ1v) is 10.6. The molecule has 0 saturated carbocycles. The number of hydrogen-bond donors (Lipinski definition) is 1. The molecule has 4 heteroatoms. The van der Waals surface area contributed by atoms with Gasteiger partial charge in [-0.25, -0.2) is 4.39 Å². The molecule has 1 unspecified atom stereocenters. The summed E-state index contributed by atoms with van der Waals surface area (Å²) in [5, 5.41) is 4.07. The fourth-order valence-electron chi connectivity index (χ4n) is 4.41. The van der Waals surface area contributed by atoms with Gasteiger partial charge in [0.1, 0.15) is 5.82 Å². The number of rotatable bonds is 6. The predicted octanol–water partition coefficient (Wildman–Crippen LogP) is 6.61. The van der Waals surface area contributed by atoms with E-state index in [1.807, 2.05) is 23.9 Å². The van der Waals surface area contributed by atoms with E-state index in [4.69, 9.17) is 11.6 Å². The van der Waals surface area contributed by atoms with Crippen LogP contribution in [0.2, 0.25) is 5.02 Å². The van der Waals surface area contributed by atoms with Crippen molar-refractivity contribution < 1.29 is 4.39 Å². The largest absolute Gasteiger partial charge is 0.384 e. The van der Waals surface area contributed by atoms with Gasteiger partial charge in [0.2, 0.25) is 0 Å². The van der Waals surface area contributed by atoms with Crippen LogP contribution >= 0.6 is 23.4 Å². The van der Waals surface area contributed by atoms with Gasteiger partial charge >= 0.3 is 0 Å². The van der Waals surface area contributed by atoms with Gasteiger partial charge in [0.05, 0.1) is 0 Å². The molecule has 1 heterocycles. The smallest absolute Gasteiger partial charge is 0.128 e. The summed E-state index contributed by atoms with van der Waals surface area (Å²) in [6.07, 6.45) is 3.90. The number of thioether (sulfide) groups is 1. The summed E-state index contributed by atoms with van der Waals surface area (Å²) in [5.41, 5.74) is 4.47. The second-order valence-corrected chi connectivity index (χ2v) is 8.04. The maximum absolute atomic E-state index is 14.8. The molecule has 0 spiro atoms. The van der Waals surface area contributed by atoms with Crippen molar-refractivity contribution in [1.29, 1.82) is 0 Å². The molecule has 134 valence electrons. The van der Waals surface area contributed by atoms with Crippen LogP contribution < -0.4 is 5.32 Å². The number of nitrogens with one attached hydrogen (secondary N) is 1. The summed E-state index contributed by atoms with van der Waals surface area (Å²) in [6.45, 7) is 5.19. The van der Waals surface area contributed by atoms with Crippen LogP contribution in [0.3, 0.4) is 0 Å². The third-order valence-electron chi connectivity index (χ3n) is 5.74. The molecule has 0 aliphatic carbocycles. The highest BCUT2D eigenvalue weighted by Crippen LogP contribution is 2.51. The van der Waals surface area contributed by atoms with Crippen LogP contribution in [0.4, 0.5) is 10.1 Å². The fraction of sp³-hybridized carbons (Fsp3) is 0.429. The molecule has 0 amide bonds. The van der Waals surface area contributed by atoms with E-state index >= 15 is 0 Å². The predicted molar refractivity (Wildman–Crippen MR) is 109 cm³/mol. The second kappa shape index (κ2) is 7.59. The summed E-state index contributed by atoms with van der Waals surface area (Å²) in [7, 11) is 0. The minimum absolute atomic E-state index is 0.190. The van der Waals surface area contributed by atoms with Crippen molar-refractivity contribution >= 4 is 29.1 Å². The molecule has 0 radical (unpaired) electrons. The first-order chi connectivity index (χ1) is 12.1.